The molecule has 0 atom stereocenters. The molecule has 0 amide bonds. The average Bonchev–Trinajstić information content (AvgIpc) is 2.11. The lowest BCUT2D eigenvalue weighted by Crippen LogP contribution is -2.20. The van der Waals surface area contributed by atoms with Gasteiger partial charge in [-0.1, -0.05) is 22.5 Å². The first-order valence-corrected chi connectivity index (χ1v) is 5.09. The molecule has 0 heterocycles. The van der Waals surface area contributed by atoms with Crippen LogP contribution in [0.4, 0.5) is 0 Å². The third-order valence-electron chi connectivity index (χ3n) is 1.64. The van der Waals surface area contributed by atoms with Crippen molar-refractivity contribution in [2.24, 2.45) is 0 Å². The molecule has 0 aromatic rings. The summed E-state index contributed by atoms with van der Waals surface area (Å²) in [4.78, 5) is 0. The van der Waals surface area contributed by atoms with E-state index in [0.717, 1.165) is 30.4 Å². The predicted octanol–water partition coefficient (Wildman–Crippen LogP) is 1.88. The molecule has 78 valence electrons. The lowest BCUT2D eigenvalue weighted by Gasteiger charge is -2.12. The Kier molecular flexibility index (Phi) is 8.75. The smallest absolute Gasteiger partial charge is 0.156 e. The number of ether oxygens (including phenoxy) is 2. The fourth-order valence-electron chi connectivity index (χ4n) is 0.950. The molecule has 0 aliphatic heterocycles. The van der Waals surface area contributed by atoms with Crippen molar-refractivity contribution in [2.45, 2.75) is 19.1 Å². The van der Waals surface area contributed by atoms with Gasteiger partial charge in [-0.3, -0.25) is 0 Å². The molecule has 0 fully saturated rings. The summed E-state index contributed by atoms with van der Waals surface area (Å²) in [6.45, 7) is 5.49. The minimum atomic E-state index is -0.0750. The first-order valence-electron chi connectivity index (χ1n) is 4.30. The van der Waals surface area contributed by atoms with E-state index in [1.165, 1.54) is 0 Å². The summed E-state index contributed by atoms with van der Waals surface area (Å²) in [5.74, 6) is 0. The minimum Gasteiger partial charge on any atom is -0.356 e. The molecule has 0 aliphatic carbocycles. The Hall–Kier alpha value is 0.1000. The van der Waals surface area contributed by atoms with Gasteiger partial charge in [-0.05, 0) is 19.4 Å². The van der Waals surface area contributed by atoms with Crippen LogP contribution in [0.1, 0.15) is 12.8 Å². The lowest BCUT2D eigenvalue weighted by molar-refractivity contribution is -0.106. The van der Waals surface area contributed by atoms with Gasteiger partial charge in [0.15, 0.2) is 6.29 Å². The standard InChI is InChI=1S/C9H18BrNO2/c1-8(10)7-11-6-4-5-9(12-2)13-3/h9,11H,1,4-7H2,2-3H3. The fraction of sp³-hybridized carbons (Fsp3) is 0.778. The van der Waals surface area contributed by atoms with Gasteiger partial charge in [0.25, 0.3) is 0 Å². The van der Waals surface area contributed by atoms with Gasteiger partial charge in [-0.2, -0.15) is 0 Å². The normalized spacial score (nSPS) is 10.8. The summed E-state index contributed by atoms with van der Waals surface area (Å²) in [6.07, 6.45) is 1.87. The third-order valence-corrected chi connectivity index (χ3v) is 1.92. The third kappa shape index (κ3) is 8.43. The first kappa shape index (κ1) is 13.1. The first-order chi connectivity index (χ1) is 6.20. The zero-order valence-electron chi connectivity index (χ0n) is 8.31. The number of rotatable bonds is 8. The largest absolute Gasteiger partial charge is 0.356 e. The molecule has 0 aliphatic rings. The number of methoxy groups -OCH3 is 2. The van der Waals surface area contributed by atoms with Crippen LogP contribution >= 0.6 is 15.9 Å². The second-order valence-corrected chi connectivity index (χ2v) is 3.86. The summed E-state index contributed by atoms with van der Waals surface area (Å²) in [6, 6.07) is 0. The fourth-order valence-corrected chi connectivity index (χ4v) is 1.15. The van der Waals surface area contributed by atoms with Crippen LogP contribution < -0.4 is 5.32 Å². The average molecular weight is 252 g/mol. The molecule has 4 heteroatoms. The Labute approximate surface area is 88.6 Å². The maximum Gasteiger partial charge on any atom is 0.156 e. The molecule has 0 spiro atoms. The zero-order chi connectivity index (χ0) is 10.1. The predicted molar refractivity (Wildman–Crippen MR) is 58.0 cm³/mol. The Morgan fingerprint density at radius 3 is 2.54 bits per heavy atom. The minimum absolute atomic E-state index is 0.0750. The van der Waals surface area contributed by atoms with Crippen molar-refractivity contribution < 1.29 is 9.47 Å². The molecule has 0 saturated heterocycles. The SMILES string of the molecule is C=C(Br)CNCCCC(OC)OC. The highest BCUT2D eigenvalue weighted by Crippen LogP contribution is 2.01. The monoisotopic (exact) mass is 251 g/mol. The van der Waals surface area contributed by atoms with Crippen LogP contribution in [-0.4, -0.2) is 33.6 Å². The second-order valence-electron chi connectivity index (χ2n) is 2.74. The summed E-state index contributed by atoms with van der Waals surface area (Å²) in [7, 11) is 3.31. The van der Waals surface area contributed by atoms with Gasteiger partial charge < -0.3 is 14.8 Å². The van der Waals surface area contributed by atoms with Crippen LogP contribution in [0.3, 0.4) is 0 Å². The van der Waals surface area contributed by atoms with E-state index in [1.54, 1.807) is 14.2 Å². The van der Waals surface area contributed by atoms with Gasteiger partial charge in [-0.25, -0.2) is 0 Å². The van der Waals surface area contributed by atoms with E-state index in [-0.39, 0.29) is 6.29 Å². The van der Waals surface area contributed by atoms with E-state index in [9.17, 15) is 0 Å². The molecule has 0 radical (unpaired) electrons. The summed E-state index contributed by atoms with van der Waals surface area (Å²) < 4.78 is 11.1. The molecule has 0 saturated carbocycles. The van der Waals surface area contributed by atoms with Crippen molar-refractivity contribution in [1.82, 2.24) is 5.32 Å². The van der Waals surface area contributed by atoms with E-state index in [1.807, 2.05) is 0 Å². The van der Waals surface area contributed by atoms with Crippen LogP contribution in [0.25, 0.3) is 0 Å². The van der Waals surface area contributed by atoms with Crippen molar-refractivity contribution in [3.63, 3.8) is 0 Å². The van der Waals surface area contributed by atoms with Gasteiger partial charge in [-0.15, -0.1) is 0 Å². The molecule has 0 aromatic heterocycles. The van der Waals surface area contributed by atoms with Gasteiger partial charge in [0.1, 0.15) is 0 Å². The number of hydrogen-bond donors (Lipinski definition) is 1. The quantitative estimate of drug-likeness (QED) is 0.528. The Balaban J connectivity index is 3.19. The molecule has 3 nitrogen and oxygen atoms in total. The van der Waals surface area contributed by atoms with Crippen molar-refractivity contribution in [3.05, 3.63) is 11.1 Å². The van der Waals surface area contributed by atoms with Crippen molar-refractivity contribution in [3.8, 4) is 0 Å². The molecule has 1 N–H and O–H groups in total. The van der Waals surface area contributed by atoms with Crippen LogP contribution in [0.5, 0.6) is 0 Å². The molecule has 0 unspecified atom stereocenters. The highest BCUT2D eigenvalue weighted by molar-refractivity contribution is 9.11. The molecule has 0 bridgehead atoms. The van der Waals surface area contributed by atoms with Crippen LogP contribution in [0, 0.1) is 0 Å². The van der Waals surface area contributed by atoms with E-state index in [0.29, 0.717) is 0 Å². The number of hydrogen-bond acceptors (Lipinski definition) is 3. The molecule has 0 rings (SSSR count). The van der Waals surface area contributed by atoms with Crippen molar-refractivity contribution >= 4 is 15.9 Å². The molecule has 0 aromatic carbocycles. The molecule has 13 heavy (non-hydrogen) atoms. The topological polar surface area (TPSA) is 30.5 Å². The zero-order valence-corrected chi connectivity index (χ0v) is 9.89. The summed E-state index contributed by atoms with van der Waals surface area (Å²) >= 11 is 3.28. The van der Waals surface area contributed by atoms with Gasteiger partial charge in [0.05, 0.1) is 0 Å². The summed E-state index contributed by atoms with van der Waals surface area (Å²) in [5.41, 5.74) is 0. The highest BCUT2D eigenvalue weighted by atomic mass is 79.9. The maximum atomic E-state index is 5.05. The van der Waals surface area contributed by atoms with Crippen molar-refractivity contribution in [1.29, 1.82) is 0 Å². The van der Waals surface area contributed by atoms with Gasteiger partial charge >= 0.3 is 0 Å². The Morgan fingerprint density at radius 1 is 1.46 bits per heavy atom. The number of halogens is 1. The van der Waals surface area contributed by atoms with Crippen LogP contribution in [0.15, 0.2) is 11.1 Å². The second kappa shape index (κ2) is 8.69. The van der Waals surface area contributed by atoms with Crippen molar-refractivity contribution in [2.75, 3.05) is 27.3 Å². The van der Waals surface area contributed by atoms with Gasteiger partial charge in [0, 0.05) is 25.2 Å². The van der Waals surface area contributed by atoms with E-state index in [2.05, 4.69) is 27.8 Å². The molecular formula is C9H18BrNO2. The Morgan fingerprint density at radius 2 is 2.08 bits per heavy atom. The lowest BCUT2D eigenvalue weighted by atomic mass is 10.3. The van der Waals surface area contributed by atoms with E-state index in [4.69, 9.17) is 9.47 Å². The Bertz CT molecular complexity index is 138. The highest BCUT2D eigenvalue weighted by Gasteiger charge is 2.02. The van der Waals surface area contributed by atoms with Crippen LogP contribution in [-0.2, 0) is 9.47 Å². The number of nitrogens with one attached hydrogen (secondary N) is 1. The summed E-state index contributed by atoms with van der Waals surface area (Å²) in [5, 5.41) is 3.23. The maximum absolute atomic E-state index is 5.05. The molecular weight excluding hydrogens is 234 g/mol. The van der Waals surface area contributed by atoms with E-state index >= 15 is 0 Å². The van der Waals surface area contributed by atoms with Gasteiger partial charge in [0.2, 0.25) is 0 Å². The van der Waals surface area contributed by atoms with Crippen LogP contribution in [0.2, 0.25) is 0 Å². The van der Waals surface area contributed by atoms with E-state index < -0.39 is 0 Å².